The quantitative estimate of drug-likeness (QED) is 0.125. The number of aliphatic carboxylic acids is 1. The van der Waals surface area contributed by atoms with Gasteiger partial charge in [-0.1, -0.05) is 140 Å². The first kappa shape index (κ1) is 28.5. The van der Waals surface area contributed by atoms with Crippen LogP contribution in [0.25, 0.3) is 11.1 Å². The molecule has 6 rings (SSSR count). The third-order valence-electron chi connectivity index (χ3n) is 8.18. The number of esters is 1. The van der Waals surface area contributed by atoms with E-state index in [1.807, 2.05) is 78.9 Å². The highest BCUT2D eigenvalue weighted by atomic mass is 32.2. The molecule has 1 aliphatic rings. The van der Waals surface area contributed by atoms with Crippen LogP contribution >= 0.6 is 11.8 Å². The molecule has 0 spiro atoms. The Balaban J connectivity index is 1.23. The molecule has 0 bridgehead atoms. The number of rotatable bonds is 11. The Labute approximate surface area is 256 Å². The van der Waals surface area contributed by atoms with Crippen LogP contribution in [0.4, 0.5) is 0 Å². The summed E-state index contributed by atoms with van der Waals surface area (Å²) in [5.74, 6) is -2.28. The van der Waals surface area contributed by atoms with Crippen LogP contribution in [-0.4, -0.2) is 29.4 Å². The Morgan fingerprint density at radius 1 is 0.651 bits per heavy atom. The second-order valence-corrected chi connectivity index (χ2v) is 12.0. The molecule has 0 saturated carbocycles. The van der Waals surface area contributed by atoms with Crippen molar-refractivity contribution in [2.75, 3.05) is 12.4 Å². The van der Waals surface area contributed by atoms with Crippen molar-refractivity contribution < 1.29 is 19.4 Å². The third-order valence-corrected chi connectivity index (χ3v) is 9.89. The summed E-state index contributed by atoms with van der Waals surface area (Å²) in [6, 6.07) is 46.7. The number of hydrogen-bond acceptors (Lipinski definition) is 4. The number of ether oxygens (including phenoxy) is 1. The van der Waals surface area contributed by atoms with E-state index in [4.69, 9.17) is 4.74 Å². The Bertz CT molecular complexity index is 1560. The van der Waals surface area contributed by atoms with E-state index in [1.54, 1.807) is 11.8 Å². The van der Waals surface area contributed by atoms with Gasteiger partial charge >= 0.3 is 11.9 Å². The number of carboxylic acids is 1. The standard InChI is InChI=1S/C38H32O4S/c39-36(42-25-35-33-22-12-10-20-31(33)32-21-11-13-23-34(32)35)24-27(37(40)41)26-43-38(28-14-4-1-5-15-28,29-16-6-2-7-17-29)30-18-8-3-9-19-30/h1-23,27,35H,24-26H2,(H,40,41)/t27-/m0/s1. The van der Waals surface area contributed by atoms with Crippen LogP contribution in [0.1, 0.15) is 40.2 Å². The lowest BCUT2D eigenvalue weighted by Gasteiger charge is -2.36. The van der Waals surface area contributed by atoms with Crippen LogP contribution < -0.4 is 0 Å². The Morgan fingerprint density at radius 3 is 1.51 bits per heavy atom. The summed E-state index contributed by atoms with van der Waals surface area (Å²) >= 11 is 1.54. The Morgan fingerprint density at radius 2 is 1.07 bits per heavy atom. The molecule has 214 valence electrons. The molecule has 0 heterocycles. The van der Waals surface area contributed by atoms with Crippen molar-refractivity contribution in [3.8, 4) is 11.1 Å². The van der Waals surface area contributed by atoms with E-state index in [0.29, 0.717) is 0 Å². The molecular formula is C38H32O4S. The molecule has 5 heteroatoms. The molecule has 1 aliphatic carbocycles. The van der Waals surface area contributed by atoms with Crippen molar-refractivity contribution >= 4 is 23.7 Å². The third kappa shape index (κ3) is 5.73. The van der Waals surface area contributed by atoms with Gasteiger partial charge in [0.2, 0.25) is 0 Å². The van der Waals surface area contributed by atoms with Gasteiger partial charge < -0.3 is 9.84 Å². The number of hydrogen-bond donors (Lipinski definition) is 1. The van der Waals surface area contributed by atoms with Crippen molar-refractivity contribution in [1.29, 1.82) is 0 Å². The van der Waals surface area contributed by atoms with Crippen molar-refractivity contribution in [1.82, 2.24) is 0 Å². The molecule has 4 nitrogen and oxygen atoms in total. The summed E-state index contributed by atoms with van der Waals surface area (Å²) in [5, 5.41) is 10.2. The van der Waals surface area contributed by atoms with Crippen molar-refractivity contribution in [2.45, 2.75) is 17.1 Å². The van der Waals surface area contributed by atoms with E-state index in [1.165, 1.54) is 0 Å². The smallest absolute Gasteiger partial charge is 0.307 e. The molecule has 1 N–H and O–H groups in total. The summed E-state index contributed by atoms with van der Waals surface area (Å²) < 4.78 is 5.13. The lowest BCUT2D eigenvalue weighted by molar-refractivity contribution is -0.151. The SMILES string of the molecule is O=C(C[C@@H](CSC(c1ccccc1)(c1ccccc1)c1ccccc1)C(=O)O)OCC1c2ccccc2-c2ccccc21. The first-order valence-corrected chi connectivity index (χ1v) is 15.4. The number of fused-ring (bicyclic) bond motifs is 3. The minimum atomic E-state index is -1.01. The van der Waals surface area contributed by atoms with E-state index in [9.17, 15) is 14.7 Å². The van der Waals surface area contributed by atoms with E-state index in [-0.39, 0.29) is 24.7 Å². The first-order valence-electron chi connectivity index (χ1n) is 14.4. The van der Waals surface area contributed by atoms with Gasteiger partial charge in [0.05, 0.1) is 17.1 Å². The molecule has 0 aromatic heterocycles. The summed E-state index contributed by atoms with van der Waals surface area (Å²) in [7, 11) is 0. The van der Waals surface area contributed by atoms with Gasteiger partial charge in [0.25, 0.3) is 0 Å². The van der Waals surface area contributed by atoms with E-state index < -0.39 is 22.6 Å². The molecule has 0 radical (unpaired) electrons. The Kier molecular flexibility index (Phi) is 8.43. The van der Waals surface area contributed by atoms with Crippen LogP contribution in [0.5, 0.6) is 0 Å². The van der Waals surface area contributed by atoms with Crippen molar-refractivity contribution in [3.63, 3.8) is 0 Å². The van der Waals surface area contributed by atoms with Gasteiger partial charge in [-0.15, -0.1) is 11.8 Å². The zero-order valence-corrected chi connectivity index (χ0v) is 24.5. The predicted molar refractivity (Wildman–Crippen MR) is 172 cm³/mol. The van der Waals surface area contributed by atoms with E-state index in [2.05, 4.69) is 60.7 Å². The van der Waals surface area contributed by atoms with Crippen LogP contribution in [0.2, 0.25) is 0 Å². The topological polar surface area (TPSA) is 63.6 Å². The maximum atomic E-state index is 13.2. The van der Waals surface area contributed by atoms with Gasteiger partial charge in [-0.25, -0.2) is 0 Å². The molecule has 0 fully saturated rings. The summed E-state index contributed by atoms with van der Waals surface area (Å²) in [6.07, 6.45) is -0.202. The molecule has 5 aromatic carbocycles. The van der Waals surface area contributed by atoms with Gasteiger partial charge in [-0.05, 0) is 38.9 Å². The molecule has 0 amide bonds. The van der Waals surface area contributed by atoms with Crippen LogP contribution in [0.3, 0.4) is 0 Å². The van der Waals surface area contributed by atoms with Gasteiger partial charge in [0.1, 0.15) is 6.61 Å². The predicted octanol–water partition coefficient (Wildman–Crippen LogP) is 8.16. The maximum Gasteiger partial charge on any atom is 0.307 e. The lowest BCUT2D eigenvalue weighted by Crippen LogP contribution is -2.29. The number of carboxylic acid groups (broad SMARTS) is 1. The molecule has 0 saturated heterocycles. The number of carbonyl (C=O) groups excluding carboxylic acids is 1. The van der Waals surface area contributed by atoms with E-state index >= 15 is 0 Å². The number of carbonyl (C=O) groups is 2. The Hall–Kier alpha value is -4.61. The van der Waals surface area contributed by atoms with Gasteiger partial charge in [-0.2, -0.15) is 0 Å². The summed E-state index contributed by atoms with van der Waals surface area (Å²) in [6.45, 7) is 0.175. The van der Waals surface area contributed by atoms with Gasteiger partial charge in [-0.3, -0.25) is 9.59 Å². The monoisotopic (exact) mass is 584 g/mol. The van der Waals surface area contributed by atoms with E-state index in [0.717, 1.165) is 38.9 Å². The minimum Gasteiger partial charge on any atom is -0.481 e. The lowest BCUT2D eigenvalue weighted by atomic mass is 9.84. The second-order valence-electron chi connectivity index (χ2n) is 10.7. The van der Waals surface area contributed by atoms with Crippen LogP contribution in [0, 0.1) is 5.92 Å². The minimum absolute atomic E-state index is 0.0732. The maximum absolute atomic E-state index is 13.2. The summed E-state index contributed by atoms with van der Waals surface area (Å²) in [5.41, 5.74) is 7.68. The van der Waals surface area contributed by atoms with Gasteiger partial charge in [0, 0.05) is 11.7 Å². The highest BCUT2D eigenvalue weighted by Gasteiger charge is 2.39. The normalized spacial score (nSPS) is 13.1. The highest BCUT2D eigenvalue weighted by molar-refractivity contribution is 8.00. The second kappa shape index (κ2) is 12.7. The molecule has 5 aromatic rings. The average molecular weight is 585 g/mol. The van der Waals surface area contributed by atoms with Crippen LogP contribution in [-0.2, 0) is 19.1 Å². The molecule has 1 atom stereocenters. The number of thioether (sulfide) groups is 1. The fourth-order valence-corrected chi connectivity index (χ4v) is 7.71. The highest BCUT2D eigenvalue weighted by Crippen LogP contribution is 2.49. The molecule has 0 aliphatic heterocycles. The summed E-state index contributed by atoms with van der Waals surface area (Å²) in [4.78, 5) is 25.7. The molecule has 0 unspecified atom stereocenters. The number of benzene rings is 5. The van der Waals surface area contributed by atoms with Crippen molar-refractivity contribution in [3.05, 3.63) is 167 Å². The van der Waals surface area contributed by atoms with Gasteiger partial charge in [0.15, 0.2) is 0 Å². The largest absolute Gasteiger partial charge is 0.481 e. The molecular weight excluding hydrogens is 552 g/mol. The zero-order chi connectivity index (χ0) is 29.6. The molecule has 43 heavy (non-hydrogen) atoms. The zero-order valence-electron chi connectivity index (χ0n) is 23.6. The average Bonchev–Trinajstić information content (AvgIpc) is 3.38. The van der Waals surface area contributed by atoms with Crippen molar-refractivity contribution in [2.24, 2.45) is 5.92 Å². The van der Waals surface area contributed by atoms with Crippen LogP contribution in [0.15, 0.2) is 140 Å². The fraction of sp³-hybridized carbons (Fsp3) is 0.158. The first-order chi connectivity index (χ1) is 21.1. The fourth-order valence-electron chi connectivity index (χ4n) is 6.09.